The van der Waals surface area contributed by atoms with E-state index in [4.69, 9.17) is 9.47 Å². The van der Waals surface area contributed by atoms with Gasteiger partial charge in [-0.05, 0) is 98.9 Å². The maximum atomic E-state index is 12.9. The van der Waals surface area contributed by atoms with Crippen LogP contribution in [-0.4, -0.2) is 18.5 Å². The highest BCUT2D eigenvalue weighted by Crippen LogP contribution is 2.55. The molecule has 2 aromatic rings. The second-order valence-electron chi connectivity index (χ2n) is 13.0. The number of carbonyl (C=O) groups excluding carboxylic acids is 1. The van der Waals surface area contributed by atoms with Gasteiger partial charge >= 0.3 is 6.09 Å². The molecule has 0 bridgehead atoms. The number of carbonyl (C=O) groups is 1. The number of thioether (sulfide) groups is 1. The van der Waals surface area contributed by atoms with E-state index in [-0.39, 0.29) is 6.09 Å². The number of anilines is 1. The van der Waals surface area contributed by atoms with Crippen molar-refractivity contribution in [2.75, 3.05) is 17.7 Å². The normalized spacial score (nSPS) is 22.0. The second-order valence-corrected chi connectivity index (χ2v) is 14.2. The first-order valence-corrected chi connectivity index (χ1v) is 17.7. The number of unbranched alkanes of at least 4 members (excludes halogenated alkanes) is 1. The third-order valence-electron chi connectivity index (χ3n) is 10.4. The fraction of sp³-hybridized carbons (Fsp3) is 0.639. The van der Waals surface area contributed by atoms with E-state index in [9.17, 15) is 4.79 Å². The van der Waals surface area contributed by atoms with Crippen LogP contribution >= 0.6 is 11.8 Å². The van der Waals surface area contributed by atoms with Gasteiger partial charge in [-0.25, -0.2) is 4.79 Å². The number of nitrogens with one attached hydrogen (secondary N) is 1. The van der Waals surface area contributed by atoms with Crippen molar-refractivity contribution in [1.29, 1.82) is 0 Å². The Balaban J connectivity index is 1.05. The first-order chi connectivity index (χ1) is 20.2. The molecule has 3 fully saturated rings. The van der Waals surface area contributed by atoms with Gasteiger partial charge in [-0.15, -0.1) is 11.8 Å². The van der Waals surface area contributed by atoms with Crippen LogP contribution in [-0.2, 0) is 10.3 Å². The second kappa shape index (κ2) is 13.9. The van der Waals surface area contributed by atoms with Crippen LogP contribution in [0.15, 0.2) is 47.4 Å². The molecule has 1 heterocycles. The van der Waals surface area contributed by atoms with Crippen LogP contribution in [0.5, 0.6) is 5.75 Å². The van der Waals surface area contributed by atoms with Crippen molar-refractivity contribution in [3.8, 4) is 5.75 Å². The Labute approximate surface area is 251 Å². The molecule has 1 aliphatic heterocycles. The van der Waals surface area contributed by atoms with E-state index in [0.29, 0.717) is 18.4 Å². The van der Waals surface area contributed by atoms with Crippen LogP contribution < -0.4 is 10.1 Å². The molecule has 4 aliphatic rings. The summed E-state index contributed by atoms with van der Waals surface area (Å²) in [6.07, 6.45) is 20.9. The molecule has 0 atom stereocenters. The Morgan fingerprint density at radius 1 is 0.780 bits per heavy atom. The van der Waals surface area contributed by atoms with Gasteiger partial charge in [0.2, 0.25) is 0 Å². The van der Waals surface area contributed by atoms with Crippen molar-refractivity contribution in [2.24, 2.45) is 11.8 Å². The average Bonchev–Trinajstić information content (AvgIpc) is 3.04. The van der Waals surface area contributed by atoms with Crippen LogP contribution in [0.2, 0.25) is 0 Å². The number of hydrogen-bond donors (Lipinski definition) is 1. The smallest absolute Gasteiger partial charge is 0.412 e. The fourth-order valence-electron chi connectivity index (χ4n) is 8.25. The van der Waals surface area contributed by atoms with Crippen LogP contribution in [0, 0.1) is 11.8 Å². The topological polar surface area (TPSA) is 47.6 Å². The fourth-order valence-corrected chi connectivity index (χ4v) is 9.16. The molecule has 0 spiro atoms. The highest BCUT2D eigenvalue weighted by Gasteiger charge is 2.53. The van der Waals surface area contributed by atoms with E-state index < -0.39 is 5.60 Å². The van der Waals surface area contributed by atoms with Gasteiger partial charge < -0.3 is 9.47 Å². The predicted molar refractivity (Wildman–Crippen MR) is 169 cm³/mol. The zero-order chi connectivity index (χ0) is 27.9. The molecule has 5 heteroatoms. The third-order valence-corrected chi connectivity index (χ3v) is 11.5. The Morgan fingerprint density at radius 2 is 1.41 bits per heavy atom. The number of hydrogen-bond acceptors (Lipinski definition) is 4. The molecule has 6 rings (SSSR count). The lowest BCUT2D eigenvalue weighted by molar-refractivity contribution is -0.104. The molecule has 0 radical (unpaired) electrons. The maximum Gasteiger partial charge on any atom is 0.412 e. The van der Waals surface area contributed by atoms with Crippen molar-refractivity contribution >= 4 is 23.5 Å². The lowest BCUT2D eigenvalue weighted by Gasteiger charge is -2.50. The number of benzene rings is 2. The minimum Gasteiger partial charge on any atom is -0.494 e. The van der Waals surface area contributed by atoms with E-state index in [1.54, 1.807) is 0 Å². The first kappa shape index (κ1) is 29.0. The van der Waals surface area contributed by atoms with Crippen molar-refractivity contribution in [3.05, 3.63) is 53.6 Å². The summed E-state index contributed by atoms with van der Waals surface area (Å²) in [6, 6.07) is 15.7. The van der Waals surface area contributed by atoms with Crippen LogP contribution in [0.1, 0.15) is 126 Å². The minimum absolute atomic E-state index is 0.275. The molecule has 0 unspecified atom stereocenters. The van der Waals surface area contributed by atoms with Crippen LogP contribution in [0.25, 0.3) is 0 Å². The number of ether oxygens (including phenoxy) is 2. The third kappa shape index (κ3) is 6.76. The van der Waals surface area contributed by atoms with Crippen molar-refractivity contribution in [3.63, 3.8) is 0 Å². The van der Waals surface area contributed by atoms with E-state index in [1.165, 1.54) is 86.7 Å². The molecule has 4 nitrogen and oxygen atoms in total. The summed E-state index contributed by atoms with van der Waals surface area (Å²) in [4.78, 5) is 14.3. The van der Waals surface area contributed by atoms with Crippen LogP contribution in [0.4, 0.5) is 10.5 Å². The summed E-state index contributed by atoms with van der Waals surface area (Å²) >= 11 is 1.96. The Kier molecular flexibility index (Phi) is 9.81. The largest absolute Gasteiger partial charge is 0.494 e. The lowest BCUT2D eigenvalue weighted by atomic mass is 9.62. The highest BCUT2D eigenvalue weighted by atomic mass is 32.2. The predicted octanol–water partition coefficient (Wildman–Crippen LogP) is 10.6. The Hall–Kier alpha value is -2.14. The van der Waals surface area contributed by atoms with E-state index in [1.807, 2.05) is 17.8 Å². The average molecular weight is 576 g/mol. The monoisotopic (exact) mass is 575 g/mol. The summed E-state index contributed by atoms with van der Waals surface area (Å²) in [6.45, 7) is 0.715. The summed E-state index contributed by atoms with van der Waals surface area (Å²) in [5.74, 6) is 3.59. The molecule has 0 saturated heterocycles. The van der Waals surface area contributed by atoms with Crippen molar-refractivity contribution < 1.29 is 14.3 Å². The van der Waals surface area contributed by atoms with Gasteiger partial charge in [0.15, 0.2) is 0 Å². The molecule has 0 aromatic heterocycles. The SMILES string of the molecule is O=C1Nc2ccc(OCCCCSc3ccc(C4CCCCC4)cc3)cc2C(C2CCCCC2)(C2CCCCC2)O1. The number of amides is 1. The molecule has 3 saturated carbocycles. The quantitative estimate of drug-likeness (QED) is 0.226. The van der Waals surface area contributed by atoms with Gasteiger partial charge in [-0.2, -0.15) is 0 Å². The van der Waals surface area contributed by atoms with Gasteiger partial charge in [-0.1, -0.05) is 69.9 Å². The van der Waals surface area contributed by atoms with Gasteiger partial charge in [0.1, 0.15) is 11.4 Å². The van der Waals surface area contributed by atoms with Crippen LogP contribution in [0.3, 0.4) is 0 Å². The van der Waals surface area contributed by atoms with Gasteiger partial charge in [-0.3, -0.25) is 5.32 Å². The summed E-state index contributed by atoms with van der Waals surface area (Å²) < 4.78 is 12.8. The molecular weight excluding hydrogens is 526 g/mol. The molecule has 1 amide bonds. The summed E-state index contributed by atoms with van der Waals surface area (Å²) in [5, 5.41) is 3.02. The van der Waals surface area contributed by atoms with Crippen molar-refractivity contribution in [2.45, 2.75) is 126 Å². The number of rotatable bonds is 10. The summed E-state index contributed by atoms with van der Waals surface area (Å²) in [7, 11) is 0. The minimum atomic E-state index is -0.513. The Bertz CT molecular complexity index is 1110. The Morgan fingerprint density at radius 3 is 2.07 bits per heavy atom. The van der Waals surface area contributed by atoms with E-state index >= 15 is 0 Å². The van der Waals surface area contributed by atoms with Gasteiger partial charge in [0.25, 0.3) is 0 Å². The van der Waals surface area contributed by atoms with Crippen molar-refractivity contribution in [1.82, 2.24) is 0 Å². The zero-order valence-corrected chi connectivity index (χ0v) is 25.7. The number of fused-ring (bicyclic) bond motifs is 1. The lowest BCUT2D eigenvalue weighted by Crippen LogP contribution is -2.51. The zero-order valence-electron chi connectivity index (χ0n) is 24.8. The molecule has 41 heavy (non-hydrogen) atoms. The van der Waals surface area contributed by atoms with E-state index in [2.05, 4.69) is 41.7 Å². The van der Waals surface area contributed by atoms with Gasteiger partial charge in [0, 0.05) is 22.3 Å². The highest BCUT2D eigenvalue weighted by molar-refractivity contribution is 7.99. The van der Waals surface area contributed by atoms with E-state index in [0.717, 1.165) is 61.6 Å². The summed E-state index contributed by atoms with van der Waals surface area (Å²) in [5.41, 5.74) is 3.12. The maximum absolute atomic E-state index is 12.9. The van der Waals surface area contributed by atoms with Gasteiger partial charge in [0.05, 0.1) is 12.3 Å². The molecule has 2 aromatic carbocycles. The molecular formula is C36H49NO3S. The first-order valence-electron chi connectivity index (χ1n) is 16.7. The molecule has 3 aliphatic carbocycles. The molecule has 1 N–H and O–H groups in total. The standard InChI is InChI=1S/C36H49NO3S/c38-35-37-34-23-20-31(26-33(34)36(40-35,29-14-6-2-7-15-29)30-16-8-3-9-17-30)39-24-10-11-25-41-32-21-18-28(19-22-32)27-12-4-1-5-13-27/h18-23,26-27,29-30H,1-17,24-25H2,(H,37,38). The molecule has 222 valence electrons. The number of cyclic esters (lactones) is 1.